The summed E-state index contributed by atoms with van der Waals surface area (Å²) in [4.78, 5) is 0. The molecule has 2 atom stereocenters. The Morgan fingerprint density at radius 1 is 0.811 bits per heavy atom. The van der Waals surface area contributed by atoms with Crippen LogP contribution in [0.4, 0.5) is 17.6 Å². The van der Waals surface area contributed by atoms with Gasteiger partial charge in [0.2, 0.25) is 0 Å². The highest BCUT2D eigenvalue weighted by molar-refractivity contribution is 5.71. The molecule has 37 heavy (non-hydrogen) atoms. The van der Waals surface area contributed by atoms with Crippen molar-refractivity contribution >= 4 is 0 Å². The molecule has 0 N–H and O–H groups in total. The summed E-state index contributed by atoms with van der Waals surface area (Å²) in [5, 5.41) is 0. The molecule has 0 radical (unpaired) electrons. The number of halogens is 4. The van der Waals surface area contributed by atoms with E-state index in [0.717, 1.165) is 44.9 Å². The predicted molar refractivity (Wildman–Crippen MR) is 142 cm³/mol. The second-order valence-electron chi connectivity index (χ2n) is 9.86. The maximum absolute atomic E-state index is 15.1. The molecule has 0 amide bonds. The molecule has 2 unspecified atom stereocenters. The Morgan fingerprint density at radius 3 is 2.05 bits per heavy atom. The first kappa shape index (κ1) is 27.1. The number of unbranched alkanes of at least 4 members (excludes halogenated alkanes) is 2. The molecular formula is C32H34F4O. The van der Waals surface area contributed by atoms with Crippen LogP contribution >= 0.6 is 0 Å². The van der Waals surface area contributed by atoms with Crippen LogP contribution in [0.2, 0.25) is 0 Å². The van der Waals surface area contributed by atoms with E-state index in [1.54, 1.807) is 48.5 Å². The molecule has 0 bridgehead atoms. The lowest BCUT2D eigenvalue weighted by Gasteiger charge is -2.29. The van der Waals surface area contributed by atoms with E-state index in [-0.39, 0.29) is 23.1 Å². The number of hydrogen-bond acceptors (Lipinski definition) is 1. The van der Waals surface area contributed by atoms with E-state index >= 15 is 8.78 Å². The van der Waals surface area contributed by atoms with E-state index in [2.05, 4.69) is 13.5 Å². The number of aryl methyl sites for hydroxylation is 1. The smallest absolute Gasteiger partial charge is 0.166 e. The largest absolute Gasteiger partial charge is 0.378 e. The van der Waals surface area contributed by atoms with Gasteiger partial charge in [-0.1, -0.05) is 74.4 Å². The van der Waals surface area contributed by atoms with Crippen LogP contribution in [0.25, 0.3) is 22.3 Å². The predicted octanol–water partition coefficient (Wildman–Crippen LogP) is 9.54. The van der Waals surface area contributed by atoms with Crippen molar-refractivity contribution in [3.8, 4) is 22.3 Å². The fraction of sp³-hybridized carbons (Fsp3) is 0.375. The van der Waals surface area contributed by atoms with Crippen LogP contribution in [0.5, 0.6) is 0 Å². The molecule has 5 heteroatoms. The minimum Gasteiger partial charge on any atom is -0.378 e. The molecule has 0 saturated carbocycles. The molecule has 0 spiro atoms. The topological polar surface area (TPSA) is 9.23 Å². The van der Waals surface area contributed by atoms with Crippen molar-refractivity contribution in [3.63, 3.8) is 0 Å². The SMILES string of the molecule is C=CCCC1CCC(c2ccc(-c3ccc(-c4ccc(CCCCC)c(F)c4F)cc3)c(F)c2F)CO1. The van der Waals surface area contributed by atoms with Gasteiger partial charge in [0.25, 0.3) is 0 Å². The maximum atomic E-state index is 15.1. The van der Waals surface area contributed by atoms with Gasteiger partial charge in [0.15, 0.2) is 23.3 Å². The van der Waals surface area contributed by atoms with Gasteiger partial charge in [-0.2, -0.15) is 0 Å². The second-order valence-corrected chi connectivity index (χ2v) is 9.86. The van der Waals surface area contributed by atoms with Crippen molar-refractivity contribution in [2.75, 3.05) is 6.61 Å². The molecule has 0 aromatic heterocycles. The van der Waals surface area contributed by atoms with Gasteiger partial charge in [-0.15, -0.1) is 6.58 Å². The fourth-order valence-electron chi connectivity index (χ4n) is 5.09. The number of allylic oxidation sites excluding steroid dienone is 1. The Balaban J connectivity index is 1.50. The lowest BCUT2D eigenvalue weighted by Crippen LogP contribution is -2.25. The quantitative estimate of drug-likeness (QED) is 0.150. The second kappa shape index (κ2) is 12.6. The molecule has 1 fully saturated rings. The lowest BCUT2D eigenvalue weighted by molar-refractivity contribution is -0.000881. The average molecular weight is 511 g/mol. The summed E-state index contributed by atoms with van der Waals surface area (Å²) < 4.78 is 65.5. The monoisotopic (exact) mass is 510 g/mol. The summed E-state index contributed by atoms with van der Waals surface area (Å²) >= 11 is 0. The number of rotatable bonds is 10. The van der Waals surface area contributed by atoms with Crippen LogP contribution in [0.1, 0.15) is 68.9 Å². The first-order chi connectivity index (χ1) is 17.9. The van der Waals surface area contributed by atoms with Crippen molar-refractivity contribution in [1.82, 2.24) is 0 Å². The third-order valence-corrected chi connectivity index (χ3v) is 7.33. The summed E-state index contributed by atoms with van der Waals surface area (Å²) in [5.74, 6) is -3.65. The first-order valence-corrected chi connectivity index (χ1v) is 13.2. The lowest BCUT2D eigenvalue weighted by atomic mass is 9.88. The Labute approximate surface area is 217 Å². The van der Waals surface area contributed by atoms with Gasteiger partial charge in [0, 0.05) is 17.0 Å². The van der Waals surface area contributed by atoms with Crippen molar-refractivity contribution < 1.29 is 22.3 Å². The summed E-state index contributed by atoms with van der Waals surface area (Å²) in [6, 6.07) is 12.8. The molecule has 1 nitrogen and oxygen atoms in total. The normalized spacial score (nSPS) is 17.6. The minimum absolute atomic E-state index is 0.131. The van der Waals surface area contributed by atoms with Gasteiger partial charge in [0.05, 0.1) is 12.7 Å². The van der Waals surface area contributed by atoms with E-state index in [9.17, 15) is 8.78 Å². The zero-order valence-electron chi connectivity index (χ0n) is 21.3. The standard InChI is InChI=1S/C32H34F4O/c1-3-5-7-8-23-15-17-26(30(34)29(23)33)21-10-12-22(13-11-21)27-18-19-28(32(36)31(27)35)24-14-16-25(37-20-24)9-6-4-2/h4,10-13,15,17-19,24-25H,2-3,5-9,14,16,20H2,1H3. The van der Waals surface area contributed by atoms with Crippen LogP contribution in [0, 0.1) is 23.3 Å². The molecule has 3 aromatic carbocycles. The zero-order chi connectivity index (χ0) is 26.4. The average Bonchev–Trinajstić information content (AvgIpc) is 2.92. The molecule has 1 saturated heterocycles. The number of hydrogen-bond donors (Lipinski definition) is 0. The molecule has 1 heterocycles. The maximum Gasteiger partial charge on any atom is 0.166 e. The fourth-order valence-corrected chi connectivity index (χ4v) is 5.09. The van der Waals surface area contributed by atoms with Crippen LogP contribution in [-0.2, 0) is 11.2 Å². The van der Waals surface area contributed by atoms with E-state index in [1.165, 1.54) is 0 Å². The van der Waals surface area contributed by atoms with Crippen LogP contribution in [-0.4, -0.2) is 12.7 Å². The van der Waals surface area contributed by atoms with E-state index < -0.39 is 23.3 Å². The first-order valence-electron chi connectivity index (χ1n) is 13.2. The van der Waals surface area contributed by atoms with Crippen LogP contribution in [0.15, 0.2) is 61.2 Å². The number of ether oxygens (including phenoxy) is 1. The van der Waals surface area contributed by atoms with Gasteiger partial charge < -0.3 is 4.74 Å². The molecular weight excluding hydrogens is 476 g/mol. The Kier molecular flexibility index (Phi) is 9.20. The highest BCUT2D eigenvalue weighted by Crippen LogP contribution is 2.36. The van der Waals surface area contributed by atoms with Crippen molar-refractivity contribution in [3.05, 3.63) is 95.6 Å². The summed E-state index contributed by atoms with van der Waals surface area (Å²) in [6.07, 6.45) is 8.59. The van der Waals surface area contributed by atoms with E-state index in [4.69, 9.17) is 4.74 Å². The van der Waals surface area contributed by atoms with Gasteiger partial charge in [-0.25, -0.2) is 17.6 Å². The van der Waals surface area contributed by atoms with E-state index in [1.807, 2.05) is 6.08 Å². The molecule has 1 aliphatic rings. The summed E-state index contributed by atoms with van der Waals surface area (Å²) in [7, 11) is 0. The van der Waals surface area contributed by atoms with Gasteiger partial charge in [-0.05, 0) is 60.8 Å². The minimum atomic E-state index is -0.910. The van der Waals surface area contributed by atoms with Gasteiger partial charge in [0.1, 0.15) is 0 Å². The van der Waals surface area contributed by atoms with Crippen molar-refractivity contribution in [2.45, 2.75) is 70.3 Å². The Hall–Kier alpha value is -2.92. The van der Waals surface area contributed by atoms with Gasteiger partial charge >= 0.3 is 0 Å². The van der Waals surface area contributed by atoms with Gasteiger partial charge in [-0.3, -0.25) is 0 Å². The summed E-state index contributed by atoms with van der Waals surface area (Å²) in [5.41, 5.74) is 1.92. The summed E-state index contributed by atoms with van der Waals surface area (Å²) in [6.45, 7) is 6.15. The zero-order valence-corrected chi connectivity index (χ0v) is 21.3. The van der Waals surface area contributed by atoms with E-state index in [0.29, 0.717) is 35.3 Å². The molecule has 4 rings (SSSR count). The van der Waals surface area contributed by atoms with Crippen LogP contribution in [0.3, 0.4) is 0 Å². The van der Waals surface area contributed by atoms with Crippen molar-refractivity contribution in [2.24, 2.45) is 0 Å². The third-order valence-electron chi connectivity index (χ3n) is 7.33. The highest BCUT2D eigenvalue weighted by Gasteiger charge is 2.27. The molecule has 1 aliphatic heterocycles. The van der Waals surface area contributed by atoms with Crippen molar-refractivity contribution in [1.29, 1.82) is 0 Å². The Bertz CT molecular complexity index is 1210. The highest BCUT2D eigenvalue weighted by atomic mass is 19.2. The molecule has 196 valence electrons. The number of benzene rings is 3. The van der Waals surface area contributed by atoms with Crippen LogP contribution < -0.4 is 0 Å². The third kappa shape index (κ3) is 6.15. The molecule has 0 aliphatic carbocycles. The Morgan fingerprint density at radius 2 is 1.46 bits per heavy atom. The molecule has 3 aromatic rings.